The maximum absolute atomic E-state index is 13.1. The van der Waals surface area contributed by atoms with Gasteiger partial charge >= 0.3 is 5.97 Å². The summed E-state index contributed by atoms with van der Waals surface area (Å²) in [7, 11) is 3.01. The van der Waals surface area contributed by atoms with Crippen LogP contribution in [0.25, 0.3) is 0 Å². The Hall–Kier alpha value is -2.90. The van der Waals surface area contributed by atoms with Crippen molar-refractivity contribution in [2.45, 2.75) is 22.7 Å². The molecule has 4 rings (SSSR count). The van der Waals surface area contributed by atoms with E-state index in [1.165, 1.54) is 40.2 Å². The first-order valence-electron chi connectivity index (χ1n) is 9.53. The molecule has 1 saturated heterocycles. The molecule has 2 N–H and O–H groups in total. The zero-order valence-corrected chi connectivity index (χ0v) is 18.9. The molecule has 13 heteroatoms. The Morgan fingerprint density at radius 1 is 1.38 bits per heavy atom. The van der Waals surface area contributed by atoms with Gasteiger partial charge in [0.15, 0.2) is 0 Å². The van der Waals surface area contributed by atoms with Gasteiger partial charge in [0.1, 0.15) is 11.1 Å². The fourth-order valence-electron chi connectivity index (χ4n) is 3.58. The number of ether oxygens (including phenoxy) is 1. The number of hydrogen-bond donors (Lipinski definition) is 2. The van der Waals surface area contributed by atoms with Crippen molar-refractivity contribution in [2.24, 2.45) is 7.05 Å². The molecular formula is C19H20N6O5S2. The van der Waals surface area contributed by atoms with E-state index >= 15 is 0 Å². The molecule has 2 aliphatic rings. The molecule has 2 atom stereocenters. The van der Waals surface area contributed by atoms with Crippen molar-refractivity contribution in [1.29, 1.82) is 0 Å². The minimum absolute atomic E-state index is 0.0753. The molecule has 2 aromatic rings. The number of nitrogens with zero attached hydrogens (tertiary/aromatic N) is 5. The topological polar surface area (TPSA) is 140 Å². The number of aliphatic carboxylic acids is 1. The summed E-state index contributed by atoms with van der Waals surface area (Å²) in [5.41, 5.74) is -0.338. The quantitative estimate of drug-likeness (QED) is 0.310. The zero-order chi connectivity index (χ0) is 22.9. The number of rotatable bonds is 8. The third-order valence-electron chi connectivity index (χ3n) is 5.12. The molecule has 3 heterocycles. The number of carboxylic acids is 1. The Morgan fingerprint density at radius 2 is 2.12 bits per heavy atom. The number of nitrogens with one attached hydrogen (secondary N) is 1. The third-order valence-corrected chi connectivity index (χ3v) is 7.59. The predicted molar refractivity (Wildman–Crippen MR) is 115 cm³/mol. The number of hydrogen-bond acceptors (Lipinski definition) is 9. The summed E-state index contributed by atoms with van der Waals surface area (Å²) < 4.78 is 6.95. The number of thioether (sulfide) groups is 2. The van der Waals surface area contributed by atoms with Crippen molar-refractivity contribution in [3.05, 3.63) is 47.2 Å². The van der Waals surface area contributed by atoms with E-state index in [0.29, 0.717) is 22.2 Å². The highest BCUT2D eigenvalue weighted by atomic mass is 32.2. The number of benzene rings is 1. The molecule has 0 radical (unpaired) electrons. The fourth-order valence-corrected chi connectivity index (χ4v) is 6.01. The van der Waals surface area contributed by atoms with Crippen molar-refractivity contribution in [2.75, 3.05) is 18.6 Å². The van der Waals surface area contributed by atoms with E-state index in [-0.39, 0.29) is 18.0 Å². The average Bonchev–Trinajstić information content (AvgIpc) is 3.20. The van der Waals surface area contributed by atoms with Crippen LogP contribution in [-0.4, -0.2) is 77.7 Å². The summed E-state index contributed by atoms with van der Waals surface area (Å²) in [5, 5.41) is 23.6. The molecule has 0 saturated carbocycles. The lowest BCUT2D eigenvalue weighted by Gasteiger charge is -2.55. The van der Waals surface area contributed by atoms with Crippen LogP contribution in [0.1, 0.15) is 5.56 Å². The van der Waals surface area contributed by atoms with E-state index < -0.39 is 23.0 Å². The van der Waals surface area contributed by atoms with E-state index in [0.717, 1.165) is 5.56 Å². The molecule has 0 bridgehead atoms. The maximum atomic E-state index is 13.1. The minimum atomic E-state index is -1.61. The van der Waals surface area contributed by atoms with Crippen LogP contribution in [0.4, 0.5) is 0 Å². The predicted octanol–water partition coefficient (Wildman–Crippen LogP) is 0.258. The Bertz CT molecular complexity index is 1090. The summed E-state index contributed by atoms with van der Waals surface area (Å²) in [6.45, 7) is 0. The Morgan fingerprint density at radius 3 is 2.75 bits per heavy atom. The van der Waals surface area contributed by atoms with Gasteiger partial charge in [-0.3, -0.25) is 14.5 Å². The van der Waals surface area contributed by atoms with Crippen LogP contribution in [0.15, 0.2) is 46.8 Å². The SMILES string of the molecule is COC1(NC(=O)Cc2ccccc2)C(=O)N2C(C(=O)O)=C(CSc3nnnn3C)CSC21. The van der Waals surface area contributed by atoms with Crippen LogP contribution >= 0.6 is 23.5 Å². The summed E-state index contributed by atoms with van der Waals surface area (Å²) >= 11 is 2.62. The number of fused-ring (bicyclic) bond motifs is 1. The van der Waals surface area contributed by atoms with Crippen LogP contribution in [0.5, 0.6) is 0 Å². The van der Waals surface area contributed by atoms with Gasteiger partial charge in [0.25, 0.3) is 11.6 Å². The highest BCUT2D eigenvalue weighted by Crippen LogP contribution is 2.47. The van der Waals surface area contributed by atoms with Crippen molar-refractivity contribution in [3.8, 4) is 0 Å². The standard InChI is InChI=1S/C19H20N6O5S2/c1-24-18(21-22-23-24)32-10-12-9-31-17-19(30-2,16(29)25(17)14(12)15(27)28)20-13(26)8-11-6-4-3-5-7-11/h3-7,17H,8-10H2,1-2H3,(H,20,26)(H,27,28). The molecule has 1 fully saturated rings. The van der Waals surface area contributed by atoms with E-state index in [1.807, 2.05) is 30.3 Å². The molecule has 2 amide bonds. The number of carboxylic acid groups (broad SMARTS) is 1. The van der Waals surface area contributed by atoms with E-state index in [9.17, 15) is 19.5 Å². The first-order valence-corrected chi connectivity index (χ1v) is 11.6. The highest BCUT2D eigenvalue weighted by molar-refractivity contribution is 8.01. The third kappa shape index (κ3) is 3.87. The van der Waals surface area contributed by atoms with Crippen LogP contribution in [0.2, 0.25) is 0 Å². The van der Waals surface area contributed by atoms with Crippen LogP contribution in [0, 0.1) is 0 Å². The Balaban J connectivity index is 1.52. The molecule has 2 unspecified atom stereocenters. The lowest BCUT2D eigenvalue weighted by molar-refractivity contribution is -0.192. The zero-order valence-electron chi connectivity index (χ0n) is 17.2. The van der Waals surface area contributed by atoms with Gasteiger partial charge in [0.2, 0.25) is 11.1 Å². The number of carbonyl (C=O) groups excluding carboxylic acids is 2. The molecule has 32 heavy (non-hydrogen) atoms. The van der Waals surface area contributed by atoms with Gasteiger partial charge < -0.3 is 15.2 Å². The van der Waals surface area contributed by atoms with Crippen LogP contribution < -0.4 is 5.32 Å². The van der Waals surface area contributed by atoms with Gasteiger partial charge in [-0.2, -0.15) is 0 Å². The second-order valence-electron chi connectivity index (χ2n) is 7.12. The van der Waals surface area contributed by atoms with Gasteiger partial charge in [-0.1, -0.05) is 42.1 Å². The molecule has 0 aliphatic carbocycles. The molecule has 0 spiro atoms. The maximum Gasteiger partial charge on any atom is 0.352 e. The minimum Gasteiger partial charge on any atom is -0.477 e. The highest BCUT2D eigenvalue weighted by Gasteiger charge is 2.66. The van der Waals surface area contributed by atoms with E-state index in [1.54, 1.807) is 7.05 Å². The molecule has 168 valence electrons. The number of methoxy groups -OCH3 is 1. The lowest BCUT2D eigenvalue weighted by Crippen LogP contribution is -2.80. The largest absolute Gasteiger partial charge is 0.477 e. The lowest BCUT2D eigenvalue weighted by atomic mass is 9.98. The normalized spacial score (nSPS) is 22.4. The number of tetrazole rings is 1. The summed E-state index contributed by atoms with van der Waals surface area (Å²) in [6.07, 6.45) is 0.0753. The molecule has 2 aliphatic heterocycles. The number of β-lactam (4-membered cyclic amide) rings is 1. The monoisotopic (exact) mass is 476 g/mol. The van der Waals surface area contributed by atoms with Crippen LogP contribution in [0.3, 0.4) is 0 Å². The number of aryl methyl sites for hydroxylation is 1. The second kappa shape index (κ2) is 8.92. The van der Waals surface area contributed by atoms with E-state index in [2.05, 4.69) is 20.8 Å². The number of amides is 2. The van der Waals surface area contributed by atoms with Gasteiger partial charge in [-0.25, -0.2) is 9.48 Å². The molecular weight excluding hydrogens is 456 g/mol. The molecule has 1 aromatic heterocycles. The number of aromatic nitrogens is 4. The van der Waals surface area contributed by atoms with Crippen LogP contribution in [-0.2, 0) is 32.6 Å². The Labute approximate surface area is 191 Å². The second-order valence-corrected chi connectivity index (χ2v) is 9.13. The fraction of sp³-hybridized carbons (Fsp3) is 0.368. The van der Waals surface area contributed by atoms with Gasteiger partial charge in [-0.15, -0.1) is 16.9 Å². The summed E-state index contributed by atoms with van der Waals surface area (Å²) in [6, 6.07) is 9.11. The van der Waals surface area contributed by atoms with Crippen molar-refractivity contribution >= 4 is 41.3 Å². The summed E-state index contributed by atoms with van der Waals surface area (Å²) in [4.78, 5) is 39.0. The van der Waals surface area contributed by atoms with Gasteiger partial charge in [0, 0.05) is 25.7 Å². The molecule has 11 nitrogen and oxygen atoms in total. The first-order chi connectivity index (χ1) is 15.4. The van der Waals surface area contributed by atoms with E-state index in [4.69, 9.17) is 4.74 Å². The first kappa shape index (κ1) is 22.3. The van der Waals surface area contributed by atoms with Crippen molar-refractivity contribution < 1.29 is 24.2 Å². The number of carbonyl (C=O) groups is 3. The molecule has 1 aromatic carbocycles. The smallest absolute Gasteiger partial charge is 0.352 e. The van der Waals surface area contributed by atoms with Crippen molar-refractivity contribution in [1.82, 2.24) is 30.4 Å². The van der Waals surface area contributed by atoms with Gasteiger partial charge in [0.05, 0.1) is 6.42 Å². The average molecular weight is 477 g/mol. The Kier molecular flexibility index (Phi) is 6.22. The van der Waals surface area contributed by atoms with Crippen molar-refractivity contribution in [3.63, 3.8) is 0 Å². The van der Waals surface area contributed by atoms with Gasteiger partial charge in [-0.05, 0) is 21.6 Å². The summed E-state index contributed by atoms with van der Waals surface area (Å²) in [5.74, 6) is -1.55.